The summed E-state index contributed by atoms with van der Waals surface area (Å²) in [6.45, 7) is 1.77. The standard InChI is InChI=1S/C8H7N3O2/c1-4-6-5(8(12)13)2-3-9-7(6)11-10-4/h2-3H,1H3,(H,12,13)(H,9,10,11). The number of hydrogen-bond acceptors (Lipinski definition) is 3. The van der Waals surface area contributed by atoms with Crippen molar-refractivity contribution in [1.29, 1.82) is 0 Å². The average molecular weight is 177 g/mol. The molecule has 0 bridgehead atoms. The molecular weight excluding hydrogens is 170 g/mol. The van der Waals surface area contributed by atoms with Crippen molar-refractivity contribution in [1.82, 2.24) is 15.2 Å². The molecule has 2 aromatic rings. The van der Waals surface area contributed by atoms with Gasteiger partial charge in [0.05, 0.1) is 10.9 Å². The predicted octanol–water partition coefficient (Wildman–Crippen LogP) is 0.965. The molecule has 0 radical (unpaired) electrons. The first-order valence-corrected chi connectivity index (χ1v) is 3.73. The van der Waals surface area contributed by atoms with Crippen LogP contribution in [-0.2, 0) is 0 Å². The molecule has 0 unspecified atom stereocenters. The number of carboxylic acids is 1. The molecule has 66 valence electrons. The molecule has 0 amide bonds. The molecule has 2 N–H and O–H groups in total. The van der Waals surface area contributed by atoms with Crippen LogP contribution in [0.15, 0.2) is 12.3 Å². The zero-order chi connectivity index (χ0) is 9.42. The van der Waals surface area contributed by atoms with Gasteiger partial charge in [0.2, 0.25) is 0 Å². The normalized spacial score (nSPS) is 10.5. The van der Waals surface area contributed by atoms with E-state index in [-0.39, 0.29) is 5.56 Å². The minimum Gasteiger partial charge on any atom is -0.478 e. The first kappa shape index (κ1) is 7.72. The molecule has 5 nitrogen and oxygen atoms in total. The molecule has 0 aliphatic carbocycles. The summed E-state index contributed by atoms with van der Waals surface area (Å²) in [5.41, 5.74) is 1.40. The molecule has 0 fully saturated rings. The largest absolute Gasteiger partial charge is 0.478 e. The van der Waals surface area contributed by atoms with E-state index in [0.29, 0.717) is 11.0 Å². The summed E-state index contributed by atoms with van der Waals surface area (Å²) in [7, 11) is 0. The summed E-state index contributed by atoms with van der Waals surface area (Å²) in [5, 5.41) is 16.0. The molecule has 0 saturated heterocycles. The lowest BCUT2D eigenvalue weighted by Crippen LogP contribution is -1.97. The lowest BCUT2D eigenvalue weighted by molar-refractivity contribution is 0.0699. The summed E-state index contributed by atoms with van der Waals surface area (Å²) >= 11 is 0. The monoisotopic (exact) mass is 177 g/mol. The van der Waals surface area contributed by atoms with E-state index in [1.807, 2.05) is 0 Å². The number of aromatic carboxylic acids is 1. The van der Waals surface area contributed by atoms with Crippen LogP contribution in [0.1, 0.15) is 16.1 Å². The fourth-order valence-corrected chi connectivity index (χ4v) is 1.28. The van der Waals surface area contributed by atoms with Gasteiger partial charge in [-0.3, -0.25) is 5.10 Å². The van der Waals surface area contributed by atoms with Gasteiger partial charge in [-0.15, -0.1) is 0 Å². The van der Waals surface area contributed by atoms with Crippen LogP contribution in [-0.4, -0.2) is 26.3 Å². The van der Waals surface area contributed by atoms with Gasteiger partial charge in [-0.2, -0.15) is 5.10 Å². The number of nitrogens with zero attached hydrogens (tertiary/aromatic N) is 2. The molecule has 2 rings (SSSR count). The maximum absolute atomic E-state index is 10.8. The summed E-state index contributed by atoms with van der Waals surface area (Å²) in [4.78, 5) is 14.7. The molecule has 13 heavy (non-hydrogen) atoms. The zero-order valence-electron chi connectivity index (χ0n) is 6.90. The molecule has 0 aromatic carbocycles. The number of fused-ring (bicyclic) bond motifs is 1. The summed E-state index contributed by atoms with van der Waals surface area (Å²) < 4.78 is 0. The van der Waals surface area contributed by atoms with Crippen molar-refractivity contribution in [3.8, 4) is 0 Å². The van der Waals surface area contributed by atoms with Crippen LogP contribution in [0.25, 0.3) is 11.0 Å². The van der Waals surface area contributed by atoms with E-state index in [2.05, 4.69) is 15.2 Å². The number of aryl methyl sites for hydroxylation is 1. The van der Waals surface area contributed by atoms with Crippen LogP contribution >= 0.6 is 0 Å². The molecule has 0 saturated carbocycles. The van der Waals surface area contributed by atoms with Crippen LogP contribution in [0.4, 0.5) is 0 Å². The Morgan fingerprint density at radius 2 is 2.38 bits per heavy atom. The third-order valence-electron chi connectivity index (χ3n) is 1.87. The molecule has 5 heteroatoms. The highest BCUT2D eigenvalue weighted by Gasteiger charge is 2.12. The van der Waals surface area contributed by atoms with Gasteiger partial charge >= 0.3 is 5.97 Å². The Kier molecular flexibility index (Phi) is 1.51. The van der Waals surface area contributed by atoms with E-state index in [1.165, 1.54) is 12.3 Å². The maximum Gasteiger partial charge on any atom is 0.336 e. The molecule has 0 atom stereocenters. The predicted molar refractivity (Wildman–Crippen MR) is 45.6 cm³/mol. The topological polar surface area (TPSA) is 78.9 Å². The van der Waals surface area contributed by atoms with Crippen molar-refractivity contribution in [2.75, 3.05) is 0 Å². The fourth-order valence-electron chi connectivity index (χ4n) is 1.28. The highest BCUT2D eigenvalue weighted by Crippen LogP contribution is 2.17. The van der Waals surface area contributed by atoms with Gasteiger partial charge in [-0.25, -0.2) is 9.78 Å². The number of carbonyl (C=O) groups is 1. The highest BCUT2D eigenvalue weighted by molar-refractivity contribution is 6.02. The number of nitrogens with one attached hydrogen (secondary N) is 1. The SMILES string of the molecule is Cc1[nH]nc2nccc(C(=O)O)c12. The third-order valence-corrected chi connectivity index (χ3v) is 1.87. The number of rotatable bonds is 1. The Balaban J connectivity index is 2.88. The van der Waals surface area contributed by atoms with E-state index >= 15 is 0 Å². The minimum absolute atomic E-state index is 0.233. The van der Waals surface area contributed by atoms with Crippen molar-refractivity contribution < 1.29 is 9.90 Å². The van der Waals surface area contributed by atoms with Crippen LogP contribution < -0.4 is 0 Å². The Morgan fingerprint density at radius 1 is 1.62 bits per heavy atom. The van der Waals surface area contributed by atoms with Crippen LogP contribution in [0.5, 0.6) is 0 Å². The van der Waals surface area contributed by atoms with Crippen molar-refractivity contribution in [2.24, 2.45) is 0 Å². The van der Waals surface area contributed by atoms with E-state index in [0.717, 1.165) is 5.69 Å². The summed E-state index contributed by atoms with van der Waals surface area (Å²) in [6.07, 6.45) is 1.44. The number of aromatic amines is 1. The lowest BCUT2D eigenvalue weighted by atomic mass is 10.1. The van der Waals surface area contributed by atoms with Crippen molar-refractivity contribution in [3.05, 3.63) is 23.5 Å². The second kappa shape index (κ2) is 2.55. The van der Waals surface area contributed by atoms with Gasteiger partial charge in [0.15, 0.2) is 5.65 Å². The van der Waals surface area contributed by atoms with Gasteiger partial charge < -0.3 is 5.11 Å². The Bertz CT molecular complexity index is 475. The third kappa shape index (κ3) is 1.05. The van der Waals surface area contributed by atoms with Crippen molar-refractivity contribution in [2.45, 2.75) is 6.92 Å². The van der Waals surface area contributed by atoms with Crippen LogP contribution in [0, 0.1) is 6.92 Å². The summed E-state index contributed by atoms with van der Waals surface area (Å²) in [6, 6.07) is 1.47. The number of hydrogen-bond donors (Lipinski definition) is 2. The quantitative estimate of drug-likeness (QED) is 0.680. The minimum atomic E-state index is -0.961. The van der Waals surface area contributed by atoms with E-state index in [1.54, 1.807) is 6.92 Å². The Morgan fingerprint density at radius 3 is 3.08 bits per heavy atom. The first-order chi connectivity index (χ1) is 6.20. The van der Waals surface area contributed by atoms with Gasteiger partial charge in [0, 0.05) is 11.9 Å². The van der Waals surface area contributed by atoms with Gasteiger partial charge in [0.25, 0.3) is 0 Å². The lowest BCUT2D eigenvalue weighted by Gasteiger charge is -1.95. The highest BCUT2D eigenvalue weighted by atomic mass is 16.4. The maximum atomic E-state index is 10.8. The van der Waals surface area contributed by atoms with Gasteiger partial charge in [-0.05, 0) is 13.0 Å². The van der Waals surface area contributed by atoms with Crippen molar-refractivity contribution in [3.63, 3.8) is 0 Å². The number of pyridine rings is 1. The molecule has 2 aromatic heterocycles. The van der Waals surface area contributed by atoms with E-state index in [9.17, 15) is 4.79 Å². The Labute approximate surface area is 73.4 Å². The summed E-state index contributed by atoms with van der Waals surface area (Å²) in [5.74, 6) is -0.961. The number of aromatic nitrogens is 3. The van der Waals surface area contributed by atoms with E-state index < -0.39 is 5.97 Å². The number of carboxylic acid groups (broad SMARTS) is 1. The average Bonchev–Trinajstić information content (AvgIpc) is 2.48. The Hall–Kier alpha value is -1.91. The molecule has 0 aliphatic rings. The first-order valence-electron chi connectivity index (χ1n) is 3.73. The molecular formula is C8H7N3O2. The van der Waals surface area contributed by atoms with Crippen LogP contribution in [0.3, 0.4) is 0 Å². The van der Waals surface area contributed by atoms with Gasteiger partial charge in [-0.1, -0.05) is 0 Å². The van der Waals surface area contributed by atoms with Gasteiger partial charge in [0.1, 0.15) is 0 Å². The molecule has 0 aliphatic heterocycles. The van der Waals surface area contributed by atoms with Crippen molar-refractivity contribution >= 4 is 17.0 Å². The second-order valence-electron chi connectivity index (χ2n) is 2.71. The number of H-pyrrole nitrogens is 1. The molecule has 2 heterocycles. The second-order valence-corrected chi connectivity index (χ2v) is 2.71. The zero-order valence-corrected chi connectivity index (χ0v) is 6.90. The van der Waals surface area contributed by atoms with E-state index in [4.69, 9.17) is 5.11 Å². The molecule has 0 spiro atoms. The van der Waals surface area contributed by atoms with Crippen LogP contribution in [0.2, 0.25) is 0 Å². The smallest absolute Gasteiger partial charge is 0.336 e. The fraction of sp³-hybridized carbons (Fsp3) is 0.125.